The highest BCUT2D eigenvalue weighted by molar-refractivity contribution is 5.80. The van der Waals surface area contributed by atoms with E-state index in [9.17, 15) is 9.18 Å². The zero-order chi connectivity index (χ0) is 25.3. The molecule has 0 spiro atoms. The lowest BCUT2D eigenvalue weighted by molar-refractivity contribution is -0.120. The first kappa shape index (κ1) is 26.1. The second kappa shape index (κ2) is 12.8. The first-order valence-electron chi connectivity index (χ1n) is 13.2. The SMILES string of the molecule is CCC(=O)CN1CCC(Nc2nc(Nc3ccc(OC)c(F)c3)nc(NC3CCCCCC3)n2)CC1. The van der Waals surface area contributed by atoms with Crippen LogP contribution in [0.25, 0.3) is 0 Å². The molecule has 1 aliphatic heterocycles. The molecule has 0 unspecified atom stereocenters. The van der Waals surface area contributed by atoms with E-state index in [-0.39, 0.29) is 17.6 Å². The van der Waals surface area contributed by atoms with E-state index in [1.165, 1.54) is 38.9 Å². The number of hydrogen-bond acceptors (Lipinski definition) is 9. The van der Waals surface area contributed by atoms with Gasteiger partial charge in [0.2, 0.25) is 17.8 Å². The van der Waals surface area contributed by atoms with Gasteiger partial charge in [-0.3, -0.25) is 9.69 Å². The lowest BCUT2D eigenvalue weighted by Crippen LogP contribution is -2.41. The van der Waals surface area contributed by atoms with Crippen LogP contribution in [0, 0.1) is 5.82 Å². The van der Waals surface area contributed by atoms with Crippen molar-refractivity contribution in [2.45, 2.75) is 76.8 Å². The number of aromatic nitrogens is 3. The molecule has 2 aliphatic rings. The van der Waals surface area contributed by atoms with Crippen LogP contribution in [0.1, 0.15) is 64.7 Å². The van der Waals surface area contributed by atoms with E-state index in [1.807, 2.05) is 6.92 Å². The maximum Gasteiger partial charge on any atom is 0.233 e. The van der Waals surface area contributed by atoms with E-state index >= 15 is 0 Å². The lowest BCUT2D eigenvalue weighted by Gasteiger charge is -2.31. The monoisotopic (exact) mass is 499 g/mol. The third kappa shape index (κ3) is 7.49. The summed E-state index contributed by atoms with van der Waals surface area (Å²) in [7, 11) is 1.44. The average Bonchev–Trinajstić information content (AvgIpc) is 3.14. The number of carbonyl (C=O) groups is 1. The number of Topliss-reactive ketones (excluding diaryl/α,β-unsaturated/α-hetero) is 1. The summed E-state index contributed by atoms with van der Waals surface area (Å²) in [6.07, 6.45) is 9.49. The normalized spacial score (nSPS) is 17.9. The quantitative estimate of drug-likeness (QED) is 0.399. The molecule has 4 rings (SSSR count). The lowest BCUT2D eigenvalue weighted by atomic mass is 10.0. The van der Waals surface area contributed by atoms with Crippen LogP contribution in [-0.4, -0.2) is 64.5 Å². The molecule has 0 amide bonds. The zero-order valence-electron chi connectivity index (χ0n) is 21.4. The first-order chi connectivity index (χ1) is 17.5. The molecule has 3 N–H and O–H groups in total. The molecule has 1 saturated carbocycles. The Morgan fingerprint density at radius 2 is 1.58 bits per heavy atom. The summed E-state index contributed by atoms with van der Waals surface area (Å²) < 4.78 is 19.3. The smallest absolute Gasteiger partial charge is 0.233 e. The van der Waals surface area contributed by atoms with Crippen molar-refractivity contribution in [3.8, 4) is 5.75 Å². The summed E-state index contributed by atoms with van der Waals surface area (Å²) in [6.45, 7) is 4.15. The van der Waals surface area contributed by atoms with Gasteiger partial charge in [-0.2, -0.15) is 15.0 Å². The Labute approximate surface area is 212 Å². The Bertz CT molecular complexity index is 1010. The molecule has 1 saturated heterocycles. The minimum Gasteiger partial charge on any atom is -0.494 e. The molecule has 2 aromatic rings. The molecular weight excluding hydrogens is 461 g/mol. The number of benzene rings is 1. The summed E-state index contributed by atoms with van der Waals surface area (Å²) in [5.74, 6) is 1.35. The van der Waals surface area contributed by atoms with Crippen molar-refractivity contribution in [1.29, 1.82) is 0 Å². The van der Waals surface area contributed by atoms with Gasteiger partial charge in [-0.05, 0) is 37.8 Å². The van der Waals surface area contributed by atoms with Gasteiger partial charge >= 0.3 is 0 Å². The first-order valence-corrected chi connectivity index (χ1v) is 13.2. The highest BCUT2D eigenvalue weighted by atomic mass is 19.1. The zero-order valence-corrected chi connectivity index (χ0v) is 21.4. The van der Waals surface area contributed by atoms with E-state index < -0.39 is 5.82 Å². The van der Waals surface area contributed by atoms with Crippen molar-refractivity contribution in [2.24, 2.45) is 0 Å². The van der Waals surface area contributed by atoms with Crippen molar-refractivity contribution in [3.63, 3.8) is 0 Å². The summed E-state index contributed by atoms with van der Waals surface area (Å²) in [4.78, 5) is 27.8. The Kier molecular flexibility index (Phi) is 9.27. The van der Waals surface area contributed by atoms with Crippen LogP contribution < -0.4 is 20.7 Å². The molecule has 9 nitrogen and oxygen atoms in total. The summed E-state index contributed by atoms with van der Waals surface area (Å²) in [5.41, 5.74) is 0.528. The van der Waals surface area contributed by atoms with Crippen LogP contribution in [0.3, 0.4) is 0 Å². The number of methoxy groups -OCH3 is 1. The van der Waals surface area contributed by atoms with Crippen LogP contribution in [0.4, 0.5) is 27.9 Å². The van der Waals surface area contributed by atoms with Gasteiger partial charge in [0.25, 0.3) is 0 Å². The molecule has 196 valence electrons. The number of ether oxygens (including phenoxy) is 1. The molecule has 1 aromatic carbocycles. The number of rotatable bonds is 10. The Morgan fingerprint density at radius 1 is 0.972 bits per heavy atom. The van der Waals surface area contributed by atoms with Crippen molar-refractivity contribution in [1.82, 2.24) is 19.9 Å². The Morgan fingerprint density at radius 3 is 2.17 bits per heavy atom. The van der Waals surface area contributed by atoms with Gasteiger partial charge in [0.05, 0.1) is 13.7 Å². The van der Waals surface area contributed by atoms with Crippen LogP contribution in [0.5, 0.6) is 5.75 Å². The number of nitrogens with one attached hydrogen (secondary N) is 3. The van der Waals surface area contributed by atoms with Gasteiger partial charge in [-0.25, -0.2) is 4.39 Å². The molecule has 0 radical (unpaired) electrons. The maximum atomic E-state index is 14.2. The molecule has 1 aromatic heterocycles. The molecule has 2 fully saturated rings. The maximum absolute atomic E-state index is 14.2. The summed E-state index contributed by atoms with van der Waals surface area (Å²) >= 11 is 0. The van der Waals surface area contributed by atoms with Crippen LogP contribution >= 0.6 is 0 Å². The minimum absolute atomic E-state index is 0.182. The van der Waals surface area contributed by atoms with E-state index in [2.05, 4.69) is 35.8 Å². The number of likely N-dealkylation sites (tertiary alicyclic amines) is 1. The van der Waals surface area contributed by atoms with Crippen molar-refractivity contribution in [2.75, 3.05) is 42.7 Å². The fourth-order valence-corrected chi connectivity index (χ4v) is 4.82. The highest BCUT2D eigenvalue weighted by Crippen LogP contribution is 2.25. The van der Waals surface area contributed by atoms with E-state index in [4.69, 9.17) is 4.74 Å². The van der Waals surface area contributed by atoms with Crippen molar-refractivity contribution in [3.05, 3.63) is 24.0 Å². The van der Waals surface area contributed by atoms with Gasteiger partial charge in [0.15, 0.2) is 11.6 Å². The van der Waals surface area contributed by atoms with E-state index in [0.29, 0.717) is 42.5 Å². The molecule has 36 heavy (non-hydrogen) atoms. The fourth-order valence-electron chi connectivity index (χ4n) is 4.82. The third-order valence-electron chi connectivity index (χ3n) is 6.95. The number of anilines is 4. The molecule has 2 heterocycles. The van der Waals surface area contributed by atoms with Crippen LogP contribution in [0.2, 0.25) is 0 Å². The van der Waals surface area contributed by atoms with Crippen LogP contribution in [-0.2, 0) is 4.79 Å². The molecule has 10 heteroatoms. The minimum atomic E-state index is -0.458. The summed E-state index contributed by atoms with van der Waals surface area (Å²) in [5, 5.41) is 10.1. The number of ketones is 1. The van der Waals surface area contributed by atoms with E-state index in [1.54, 1.807) is 12.1 Å². The number of nitrogens with zero attached hydrogens (tertiary/aromatic N) is 4. The molecule has 1 aliphatic carbocycles. The van der Waals surface area contributed by atoms with Gasteiger partial charge in [-0.1, -0.05) is 32.6 Å². The molecule has 0 bridgehead atoms. The number of halogens is 1. The second-order valence-corrected chi connectivity index (χ2v) is 9.70. The van der Waals surface area contributed by atoms with Gasteiger partial charge in [-0.15, -0.1) is 0 Å². The van der Waals surface area contributed by atoms with Gasteiger partial charge in [0.1, 0.15) is 5.78 Å². The highest BCUT2D eigenvalue weighted by Gasteiger charge is 2.22. The number of hydrogen-bond donors (Lipinski definition) is 3. The predicted molar refractivity (Wildman–Crippen MR) is 140 cm³/mol. The van der Waals surface area contributed by atoms with Crippen LogP contribution in [0.15, 0.2) is 18.2 Å². The average molecular weight is 500 g/mol. The van der Waals surface area contributed by atoms with Gasteiger partial charge < -0.3 is 20.7 Å². The molecule has 0 atom stereocenters. The topological polar surface area (TPSA) is 104 Å². The number of piperidine rings is 1. The second-order valence-electron chi connectivity index (χ2n) is 9.70. The van der Waals surface area contributed by atoms with Crippen molar-refractivity contribution < 1.29 is 13.9 Å². The van der Waals surface area contributed by atoms with Gasteiger partial charge in [0, 0.05) is 43.3 Å². The Hall–Kier alpha value is -3.01. The Balaban J connectivity index is 1.47. The summed E-state index contributed by atoms with van der Waals surface area (Å²) in [6, 6.07) is 5.19. The standard InChI is InChI=1S/C26H38FN7O2/c1-3-21(35)17-34-14-12-19(13-15-34)29-25-31-24(28-18-8-6-4-5-7-9-18)32-26(33-25)30-20-10-11-23(36-2)22(27)16-20/h10-11,16,18-19H,3-9,12-15,17H2,1-2H3,(H3,28,29,30,31,32,33). The third-order valence-corrected chi connectivity index (χ3v) is 6.95. The molecular formula is C26H38FN7O2. The fraction of sp³-hybridized carbons (Fsp3) is 0.615. The number of carbonyl (C=O) groups excluding carboxylic acids is 1. The van der Waals surface area contributed by atoms with E-state index in [0.717, 1.165) is 38.8 Å². The van der Waals surface area contributed by atoms with Crippen molar-refractivity contribution >= 4 is 29.3 Å². The largest absolute Gasteiger partial charge is 0.494 e. The predicted octanol–water partition coefficient (Wildman–Crippen LogP) is 4.75.